The van der Waals surface area contributed by atoms with Gasteiger partial charge in [0.25, 0.3) is 5.82 Å². The first kappa shape index (κ1) is 20.3. The van der Waals surface area contributed by atoms with Crippen LogP contribution in [-0.2, 0) is 13.0 Å². The Morgan fingerprint density at radius 2 is 1.83 bits per heavy atom. The lowest BCUT2D eigenvalue weighted by Crippen LogP contribution is -2.40. The summed E-state index contributed by atoms with van der Waals surface area (Å²) in [6.07, 6.45) is 6.37. The number of carbonyl (C=O) groups excluding carboxylic acids is 1. The van der Waals surface area contributed by atoms with Crippen LogP contribution in [0.25, 0.3) is 0 Å². The van der Waals surface area contributed by atoms with E-state index in [1.54, 1.807) is 31.4 Å². The van der Waals surface area contributed by atoms with Crippen LogP contribution in [0.2, 0.25) is 0 Å². The number of hydrogen-bond donors (Lipinski definition) is 0. The molecule has 0 aliphatic rings. The molecule has 6 nitrogen and oxygen atoms in total. The number of ketones is 1. The largest absolute Gasteiger partial charge is 0.497 e. The Balaban J connectivity index is 1.74. The van der Waals surface area contributed by atoms with Crippen LogP contribution < -0.4 is 14.2 Å². The predicted octanol–water partition coefficient (Wildman–Crippen LogP) is 3.18. The molecule has 0 amide bonds. The number of aromatic nitrogens is 2. The van der Waals surface area contributed by atoms with Gasteiger partial charge in [0.1, 0.15) is 11.9 Å². The van der Waals surface area contributed by atoms with Gasteiger partial charge >= 0.3 is 0 Å². The van der Waals surface area contributed by atoms with Crippen molar-refractivity contribution in [2.45, 2.75) is 19.9 Å². The smallest absolute Gasteiger partial charge is 0.282 e. The molecule has 6 heteroatoms. The van der Waals surface area contributed by atoms with Crippen LogP contribution in [0.4, 0.5) is 5.69 Å². The molecule has 0 aliphatic heterocycles. The van der Waals surface area contributed by atoms with Gasteiger partial charge in [-0.25, -0.2) is 4.57 Å². The molecule has 3 rings (SSSR count). The third-order valence-electron chi connectivity index (χ3n) is 4.77. The molecule has 0 aliphatic carbocycles. The first-order valence-electron chi connectivity index (χ1n) is 9.60. The zero-order chi connectivity index (χ0) is 20.8. The van der Waals surface area contributed by atoms with Gasteiger partial charge in [0, 0.05) is 31.8 Å². The van der Waals surface area contributed by atoms with Gasteiger partial charge in [-0.3, -0.25) is 4.79 Å². The quantitative estimate of drug-likeness (QED) is 0.337. The summed E-state index contributed by atoms with van der Waals surface area (Å²) in [5, 5.41) is 4.57. The van der Waals surface area contributed by atoms with Crippen LogP contribution in [-0.4, -0.2) is 37.9 Å². The van der Waals surface area contributed by atoms with Crippen LogP contribution in [0.3, 0.4) is 0 Å². The van der Waals surface area contributed by atoms with Gasteiger partial charge < -0.3 is 9.64 Å². The lowest BCUT2D eigenvalue weighted by Gasteiger charge is -2.11. The fourth-order valence-corrected chi connectivity index (χ4v) is 3.07. The molecule has 0 radical (unpaired) electrons. The summed E-state index contributed by atoms with van der Waals surface area (Å²) >= 11 is 0. The zero-order valence-electron chi connectivity index (χ0n) is 17.4. The van der Waals surface area contributed by atoms with Crippen LogP contribution >= 0.6 is 0 Å². The zero-order valence-corrected chi connectivity index (χ0v) is 17.4. The van der Waals surface area contributed by atoms with Crippen molar-refractivity contribution < 1.29 is 14.1 Å². The highest BCUT2D eigenvalue weighted by Gasteiger charge is 2.18. The van der Waals surface area contributed by atoms with Gasteiger partial charge in [0.2, 0.25) is 5.78 Å². The fraction of sp³-hybridized carbons (Fsp3) is 0.261. The second kappa shape index (κ2) is 9.19. The van der Waals surface area contributed by atoms with E-state index in [1.807, 2.05) is 54.1 Å². The topological polar surface area (TPSA) is 50.7 Å². The van der Waals surface area contributed by atoms with Crippen molar-refractivity contribution in [2.75, 3.05) is 26.1 Å². The van der Waals surface area contributed by atoms with E-state index in [-0.39, 0.29) is 12.3 Å². The lowest BCUT2D eigenvalue weighted by atomic mass is 10.1. The molecule has 0 N–H and O–H groups in total. The van der Waals surface area contributed by atoms with E-state index in [4.69, 9.17) is 4.74 Å². The van der Waals surface area contributed by atoms with E-state index < -0.39 is 0 Å². The van der Waals surface area contributed by atoms with Crippen molar-refractivity contribution in [1.82, 2.24) is 4.68 Å². The molecule has 0 bridgehead atoms. The minimum atomic E-state index is 0.0494. The van der Waals surface area contributed by atoms with Gasteiger partial charge in [-0.1, -0.05) is 24.2 Å². The summed E-state index contributed by atoms with van der Waals surface area (Å²) in [7, 11) is 5.64. The molecule has 0 fully saturated rings. The van der Waals surface area contributed by atoms with Gasteiger partial charge in [-0.15, -0.1) is 4.68 Å². The Labute approximate surface area is 171 Å². The second-order valence-corrected chi connectivity index (χ2v) is 6.92. The van der Waals surface area contributed by atoms with E-state index in [0.29, 0.717) is 5.56 Å². The SMILES string of the molecule is CCc1n(/N=C\c2ccc(N(C)C)cc2)cc[n+]1CC(=O)c1ccc(OC)cc1. The Morgan fingerprint density at radius 3 is 2.41 bits per heavy atom. The number of benzene rings is 2. The number of imidazole rings is 1. The maximum absolute atomic E-state index is 12.6. The molecule has 2 aromatic carbocycles. The highest BCUT2D eigenvalue weighted by atomic mass is 16.5. The predicted molar refractivity (Wildman–Crippen MR) is 115 cm³/mol. The molecule has 1 heterocycles. The molecule has 1 aromatic heterocycles. The van der Waals surface area contributed by atoms with Crippen molar-refractivity contribution in [3.8, 4) is 5.75 Å². The number of hydrogen-bond acceptors (Lipinski definition) is 4. The van der Waals surface area contributed by atoms with Crippen LogP contribution in [0, 0.1) is 0 Å². The van der Waals surface area contributed by atoms with Crippen LogP contribution in [0.15, 0.2) is 66.0 Å². The molecule has 0 unspecified atom stereocenters. The molecular weight excluding hydrogens is 364 g/mol. The third kappa shape index (κ3) is 4.90. The van der Waals surface area contributed by atoms with E-state index in [1.165, 1.54) is 0 Å². The molecule has 3 aromatic rings. The van der Waals surface area contributed by atoms with Crippen LogP contribution in [0.1, 0.15) is 28.7 Å². The average Bonchev–Trinajstić information content (AvgIpc) is 3.13. The van der Waals surface area contributed by atoms with Gasteiger partial charge in [0.05, 0.1) is 13.3 Å². The summed E-state index contributed by atoms with van der Waals surface area (Å²) in [5.41, 5.74) is 2.83. The number of Topliss-reactive ketones (excluding diaryl/α,β-unsaturated/α-hetero) is 1. The van der Waals surface area contributed by atoms with Gasteiger partial charge in [-0.2, -0.15) is 0 Å². The Hall–Kier alpha value is -3.41. The summed E-state index contributed by atoms with van der Waals surface area (Å²) in [5.74, 6) is 1.75. The summed E-state index contributed by atoms with van der Waals surface area (Å²) in [6.45, 7) is 2.33. The molecule has 0 spiro atoms. The molecule has 0 saturated carbocycles. The standard InChI is InChI=1S/C23H27N4O2/c1-5-23-26(17-22(28)19-8-12-21(29-4)13-9-19)14-15-27(23)24-16-18-6-10-20(11-7-18)25(2)3/h6-16H,5,17H2,1-4H3/q+1/b24-16-. The number of rotatable bonds is 8. The van der Waals surface area contributed by atoms with Crippen molar-refractivity contribution in [3.63, 3.8) is 0 Å². The van der Waals surface area contributed by atoms with Crippen molar-refractivity contribution in [3.05, 3.63) is 77.9 Å². The van der Waals surface area contributed by atoms with Crippen molar-refractivity contribution >= 4 is 17.7 Å². The van der Waals surface area contributed by atoms with Crippen molar-refractivity contribution in [2.24, 2.45) is 5.10 Å². The van der Waals surface area contributed by atoms with Gasteiger partial charge in [0.15, 0.2) is 12.7 Å². The number of methoxy groups -OCH3 is 1. The van der Waals surface area contributed by atoms with E-state index in [9.17, 15) is 4.79 Å². The fourth-order valence-electron chi connectivity index (χ4n) is 3.07. The van der Waals surface area contributed by atoms with Crippen LogP contribution in [0.5, 0.6) is 5.75 Å². The Kier molecular flexibility index (Phi) is 6.44. The number of nitrogens with zero attached hydrogens (tertiary/aromatic N) is 4. The van der Waals surface area contributed by atoms with E-state index in [0.717, 1.165) is 29.2 Å². The first-order chi connectivity index (χ1) is 14.0. The van der Waals surface area contributed by atoms with Gasteiger partial charge in [-0.05, 0) is 42.0 Å². The normalized spacial score (nSPS) is 11.0. The van der Waals surface area contributed by atoms with E-state index in [2.05, 4.69) is 29.1 Å². The number of anilines is 1. The molecule has 0 atom stereocenters. The minimum absolute atomic E-state index is 0.0494. The first-order valence-corrected chi connectivity index (χ1v) is 9.60. The third-order valence-corrected chi connectivity index (χ3v) is 4.77. The lowest BCUT2D eigenvalue weighted by molar-refractivity contribution is -0.690. The van der Waals surface area contributed by atoms with E-state index >= 15 is 0 Å². The number of carbonyl (C=O) groups is 1. The summed E-state index contributed by atoms with van der Waals surface area (Å²) < 4.78 is 8.91. The highest BCUT2D eigenvalue weighted by Crippen LogP contribution is 2.13. The highest BCUT2D eigenvalue weighted by molar-refractivity contribution is 5.95. The summed E-state index contributed by atoms with van der Waals surface area (Å²) in [6, 6.07) is 15.4. The average molecular weight is 391 g/mol. The monoisotopic (exact) mass is 391 g/mol. The maximum Gasteiger partial charge on any atom is 0.282 e. The Morgan fingerprint density at radius 1 is 1.14 bits per heavy atom. The molecule has 150 valence electrons. The molecule has 0 saturated heterocycles. The Bertz CT molecular complexity index is 987. The maximum atomic E-state index is 12.6. The number of ether oxygens (including phenoxy) is 1. The van der Waals surface area contributed by atoms with Crippen molar-refractivity contribution in [1.29, 1.82) is 0 Å². The summed E-state index contributed by atoms with van der Waals surface area (Å²) in [4.78, 5) is 14.7. The molecular formula is C23H27N4O2+. The second-order valence-electron chi connectivity index (χ2n) is 6.92. The molecule has 29 heavy (non-hydrogen) atoms. The minimum Gasteiger partial charge on any atom is -0.497 e.